The summed E-state index contributed by atoms with van der Waals surface area (Å²) >= 11 is 1.98. The van der Waals surface area contributed by atoms with E-state index in [9.17, 15) is 4.79 Å². The molecule has 0 spiro atoms. The summed E-state index contributed by atoms with van der Waals surface area (Å²) in [5.41, 5.74) is 0.695. The van der Waals surface area contributed by atoms with Gasteiger partial charge in [-0.25, -0.2) is 0 Å². The number of nitrogens with zero attached hydrogens (tertiary/aromatic N) is 3. The predicted octanol–water partition coefficient (Wildman–Crippen LogP) is 0.358. The summed E-state index contributed by atoms with van der Waals surface area (Å²) < 4.78 is 7.07. The SMILES string of the molecule is Cn1nccc1C(=O)NC[C@@]1(N2CCOCC2)CCSC1. The average Bonchev–Trinajstić information content (AvgIpc) is 3.15. The molecule has 2 aliphatic rings. The van der Waals surface area contributed by atoms with Gasteiger partial charge in [-0.1, -0.05) is 0 Å². The van der Waals surface area contributed by atoms with Gasteiger partial charge >= 0.3 is 0 Å². The van der Waals surface area contributed by atoms with Gasteiger partial charge in [0.05, 0.1) is 13.2 Å². The third kappa shape index (κ3) is 3.09. The van der Waals surface area contributed by atoms with Crippen molar-refractivity contribution in [2.75, 3.05) is 44.4 Å². The molecule has 2 saturated heterocycles. The van der Waals surface area contributed by atoms with Gasteiger partial charge in [0.15, 0.2) is 0 Å². The number of morpholine rings is 1. The van der Waals surface area contributed by atoms with Crippen molar-refractivity contribution < 1.29 is 9.53 Å². The maximum atomic E-state index is 12.3. The number of aryl methyl sites for hydroxylation is 1. The topological polar surface area (TPSA) is 59.4 Å². The molecule has 6 nitrogen and oxygen atoms in total. The molecule has 0 unspecified atom stereocenters. The fourth-order valence-electron chi connectivity index (χ4n) is 3.07. The average molecular weight is 310 g/mol. The first-order valence-electron chi connectivity index (χ1n) is 7.38. The maximum Gasteiger partial charge on any atom is 0.269 e. The van der Waals surface area contributed by atoms with E-state index in [4.69, 9.17) is 4.74 Å². The van der Waals surface area contributed by atoms with E-state index in [2.05, 4.69) is 15.3 Å². The maximum absolute atomic E-state index is 12.3. The van der Waals surface area contributed by atoms with Crippen molar-refractivity contribution in [2.45, 2.75) is 12.0 Å². The number of rotatable bonds is 4. The lowest BCUT2D eigenvalue weighted by molar-refractivity contribution is -0.0129. The van der Waals surface area contributed by atoms with Crippen LogP contribution >= 0.6 is 11.8 Å². The van der Waals surface area contributed by atoms with Gasteiger partial charge < -0.3 is 10.1 Å². The van der Waals surface area contributed by atoms with Crippen molar-refractivity contribution >= 4 is 17.7 Å². The van der Waals surface area contributed by atoms with Crippen LogP contribution in [0.25, 0.3) is 0 Å². The lowest BCUT2D eigenvalue weighted by atomic mass is 9.95. The first kappa shape index (κ1) is 14.9. The Morgan fingerprint density at radius 2 is 2.33 bits per heavy atom. The molecule has 2 aliphatic heterocycles. The molecule has 21 heavy (non-hydrogen) atoms. The number of thioether (sulfide) groups is 1. The van der Waals surface area contributed by atoms with Crippen LogP contribution in [0.2, 0.25) is 0 Å². The van der Waals surface area contributed by atoms with Crippen molar-refractivity contribution in [2.24, 2.45) is 7.05 Å². The van der Waals surface area contributed by atoms with Crippen LogP contribution in [0.5, 0.6) is 0 Å². The third-order valence-corrected chi connectivity index (χ3v) is 5.63. The molecule has 7 heteroatoms. The van der Waals surface area contributed by atoms with Crippen molar-refractivity contribution in [3.05, 3.63) is 18.0 Å². The van der Waals surface area contributed by atoms with Crippen LogP contribution < -0.4 is 5.32 Å². The molecule has 1 aromatic rings. The zero-order valence-corrected chi connectivity index (χ0v) is 13.2. The fraction of sp³-hybridized carbons (Fsp3) is 0.714. The van der Waals surface area contributed by atoms with Crippen molar-refractivity contribution in [1.29, 1.82) is 0 Å². The molecule has 0 radical (unpaired) electrons. The Labute approximate surface area is 129 Å². The van der Waals surface area contributed by atoms with Gasteiger partial charge in [-0.3, -0.25) is 14.4 Å². The highest BCUT2D eigenvalue weighted by Crippen LogP contribution is 2.33. The Balaban J connectivity index is 1.65. The van der Waals surface area contributed by atoms with E-state index in [1.807, 2.05) is 11.8 Å². The largest absolute Gasteiger partial charge is 0.379 e. The highest BCUT2D eigenvalue weighted by atomic mass is 32.2. The minimum absolute atomic E-state index is 0.0421. The number of aromatic nitrogens is 2. The summed E-state index contributed by atoms with van der Waals surface area (Å²) in [5, 5.41) is 7.16. The highest BCUT2D eigenvalue weighted by Gasteiger charge is 2.40. The van der Waals surface area contributed by atoms with Gasteiger partial charge in [0, 0.05) is 44.2 Å². The zero-order chi connectivity index (χ0) is 14.7. The Morgan fingerprint density at radius 1 is 1.52 bits per heavy atom. The van der Waals surface area contributed by atoms with Crippen molar-refractivity contribution in [1.82, 2.24) is 20.0 Å². The van der Waals surface area contributed by atoms with Crippen LogP contribution in [0, 0.1) is 0 Å². The molecular formula is C14H22N4O2S. The minimum Gasteiger partial charge on any atom is -0.379 e. The Kier molecular flexibility index (Phi) is 4.51. The molecule has 0 aromatic carbocycles. The van der Waals surface area contributed by atoms with Crippen LogP contribution in [0.1, 0.15) is 16.9 Å². The molecule has 1 amide bonds. The first-order chi connectivity index (χ1) is 10.2. The summed E-state index contributed by atoms with van der Waals surface area (Å²) in [6.45, 7) is 4.21. The van der Waals surface area contributed by atoms with Gasteiger partial charge in [0.1, 0.15) is 5.69 Å². The molecule has 2 fully saturated rings. The van der Waals surface area contributed by atoms with Gasteiger partial charge in [-0.05, 0) is 18.2 Å². The van der Waals surface area contributed by atoms with Gasteiger partial charge in [-0.15, -0.1) is 0 Å². The molecule has 116 valence electrons. The first-order valence-corrected chi connectivity index (χ1v) is 8.53. The van der Waals surface area contributed by atoms with E-state index < -0.39 is 0 Å². The monoisotopic (exact) mass is 310 g/mol. The number of carbonyl (C=O) groups excluding carboxylic acids is 1. The van der Waals surface area contributed by atoms with E-state index in [1.165, 1.54) is 5.75 Å². The second kappa shape index (κ2) is 6.37. The summed E-state index contributed by atoms with van der Waals surface area (Å²) in [6, 6.07) is 1.75. The number of carbonyl (C=O) groups is 1. The second-order valence-electron chi connectivity index (χ2n) is 5.65. The molecule has 1 aromatic heterocycles. The van der Waals surface area contributed by atoms with Crippen LogP contribution in [-0.4, -0.2) is 70.5 Å². The summed E-state index contributed by atoms with van der Waals surface area (Å²) in [7, 11) is 1.79. The number of hydrogen-bond donors (Lipinski definition) is 1. The van der Waals surface area contributed by atoms with E-state index >= 15 is 0 Å². The minimum atomic E-state index is -0.0421. The van der Waals surface area contributed by atoms with Crippen LogP contribution in [0.4, 0.5) is 0 Å². The molecule has 1 atom stereocenters. The molecule has 3 heterocycles. The third-order valence-electron chi connectivity index (χ3n) is 4.40. The molecule has 3 rings (SSSR count). The van der Waals surface area contributed by atoms with E-state index in [-0.39, 0.29) is 11.4 Å². The smallest absolute Gasteiger partial charge is 0.269 e. The van der Waals surface area contributed by atoms with Crippen LogP contribution in [0.15, 0.2) is 12.3 Å². The van der Waals surface area contributed by atoms with E-state index in [1.54, 1.807) is 24.0 Å². The Morgan fingerprint density at radius 3 is 2.95 bits per heavy atom. The predicted molar refractivity (Wildman–Crippen MR) is 82.6 cm³/mol. The number of amides is 1. The van der Waals surface area contributed by atoms with Crippen molar-refractivity contribution in [3.63, 3.8) is 0 Å². The van der Waals surface area contributed by atoms with E-state index in [0.717, 1.165) is 38.5 Å². The summed E-state index contributed by atoms with van der Waals surface area (Å²) in [4.78, 5) is 14.8. The van der Waals surface area contributed by atoms with E-state index in [0.29, 0.717) is 12.2 Å². The number of hydrogen-bond acceptors (Lipinski definition) is 5. The highest BCUT2D eigenvalue weighted by molar-refractivity contribution is 7.99. The Hall–Kier alpha value is -1.05. The number of nitrogens with one attached hydrogen (secondary N) is 1. The summed E-state index contributed by atoms with van der Waals surface area (Å²) in [6.07, 6.45) is 2.78. The molecule has 0 saturated carbocycles. The van der Waals surface area contributed by atoms with Gasteiger partial charge in [-0.2, -0.15) is 16.9 Å². The molecular weight excluding hydrogens is 288 g/mol. The van der Waals surface area contributed by atoms with Gasteiger partial charge in [0.2, 0.25) is 0 Å². The number of ether oxygens (including phenoxy) is 1. The normalized spacial score (nSPS) is 26.9. The summed E-state index contributed by atoms with van der Waals surface area (Å²) in [5.74, 6) is 2.21. The fourth-order valence-corrected chi connectivity index (χ4v) is 4.54. The molecule has 0 aliphatic carbocycles. The molecule has 1 N–H and O–H groups in total. The van der Waals surface area contributed by atoms with Crippen LogP contribution in [-0.2, 0) is 11.8 Å². The Bertz CT molecular complexity index is 493. The standard InChI is InChI=1S/C14H22N4O2S/c1-17-12(2-4-16-17)13(19)15-10-14(3-9-21-11-14)18-5-7-20-8-6-18/h2,4H,3,5-11H2,1H3,(H,15,19)/t14-/m0/s1. The molecule has 0 bridgehead atoms. The lowest BCUT2D eigenvalue weighted by Crippen LogP contribution is -2.59. The van der Waals surface area contributed by atoms with Gasteiger partial charge in [0.25, 0.3) is 5.91 Å². The lowest BCUT2D eigenvalue weighted by Gasteiger charge is -2.43. The van der Waals surface area contributed by atoms with Crippen LogP contribution in [0.3, 0.4) is 0 Å². The zero-order valence-electron chi connectivity index (χ0n) is 12.4. The quantitative estimate of drug-likeness (QED) is 0.870. The van der Waals surface area contributed by atoms with Crippen molar-refractivity contribution in [3.8, 4) is 0 Å². The second-order valence-corrected chi connectivity index (χ2v) is 6.75.